The molecule has 0 bridgehead atoms. The molecule has 2 aromatic carbocycles. The fraction of sp³-hybridized carbons (Fsp3) is 0.318. The number of nitrogens with zero attached hydrogens (tertiary/aromatic N) is 1. The lowest BCUT2D eigenvalue weighted by Gasteiger charge is -2.27. The van der Waals surface area contributed by atoms with Gasteiger partial charge >= 0.3 is 5.97 Å². The van der Waals surface area contributed by atoms with E-state index in [4.69, 9.17) is 4.74 Å². The molecule has 1 fully saturated rings. The number of esters is 1. The van der Waals surface area contributed by atoms with Gasteiger partial charge in [-0.1, -0.05) is 30.0 Å². The van der Waals surface area contributed by atoms with Gasteiger partial charge in [-0.2, -0.15) is 0 Å². The van der Waals surface area contributed by atoms with Crippen LogP contribution in [0, 0.1) is 27.9 Å². The number of nitrogens with one attached hydrogen (secondary N) is 1. The molecule has 3 rings (SSSR count). The highest BCUT2D eigenvalue weighted by Gasteiger charge is 2.30. The van der Waals surface area contributed by atoms with Crippen LogP contribution in [0.15, 0.2) is 53.4 Å². The third-order valence-electron chi connectivity index (χ3n) is 5.18. The average molecular weight is 442 g/mol. The standard InChI is InChI=1S/C22H22N2O6S/c1-30-22(25)18-9-12-19(13-10-18)23-31(28,29)20-14-11-17(21(15-20)24(26)27)8-7-16-5-3-2-4-6-16/h2-6,11,14-15,18-19,23H,9-10,12-13H2,1H3/t18-,19-. The minimum absolute atomic E-state index is 0.131. The van der Waals surface area contributed by atoms with Crippen molar-refractivity contribution in [2.24, 2.45) is 5.92 Å². The second kappa shape index (κ2) is 9.73. The molecule has 0 amide bonds. The molecule has 0 heterocycles. The summed E-state index contributed by atoms with van der Waals surface area (Å²) < 4.78 is 32.9. The van der Waals surface area contributed by atoms with Crippen molar-refractivity contribution in [2.75, 3.05) is 7.11 Å². The lowest BCUT2D eigenvalue weighted by atomic mass is 9.86. The van der Waals surface area contributed by atoms with Crippen molar-refractivity contribution in [1.29, 1.82) is 0 Å². The van der Waals surface area contributed by atoms with E-state index in [0.29, 0.717) is 31.2 Å². The Bertz CT molecular complexity index is 1130. The van der Waals surface area contributed by atoms with Crippen LogP contribution in [0.1, 0.15) is 36.8 Å². The first-order valence-corrected chi connectivity index (χ1v) is 11.2. The number of hydrogen-bond donors (Lipinski definition) is 1. The van der Waals surface area contributed by atoms with Crippen molar-refractivity contribution in [3.63, 3.8) is 0 Å². The number of nitro benzene ring substituents is 1. The maximum Gasteiger partial charge on any atom is 0.308 e. The van der Waals surface area contributed by atoms with Crippen LogP contribution in [0.3, 0.4) is 0 Å². The third-order valence-corrected chi connectivity index (χ3v) is 6.69. The molecule has 0 radical (unpaired) electrons. The zero-order valence-corrected chi connectivity index (χ0v) is 17.7. The molecule has 8 nitrogen and oxygen atoms in total. The summed E-state index contributed by atoms with van der Waals surface area (Å²) in [6.45, 7) is 0. The van der Waals surface area contributed by atoms with Crippen LogP contribution >= 0.6 is 0 Å². The van der Waals surface area contributed by atoms with Gasteiger partial charge in [0.2, 0.25) is 10.0 Å². The van der Waals surface area contributed by atoms with E-state index in [1.165, 1.54) is 19.2 Å². The Kier molecular flexibility index (Phi) is 7.05. The van der Waals surface area contributed by atoms with Crippen LogP contribution in [0.25, 0.3) is 0 Å². The highest BCUT2D eigenvalue weighted by Crippen LogP contribution is 2.27. The zero-order chi connectivity index (χ0) is 22.4. The predicted molar refractivity (Wildman–Crippen MR) is 114 cm³/mol. The Morgan fingerprint density at radius 1 is 1.10 bits per heavy atom. The first-order chi connectivity index (χ1) is 14.8. The van der Waals surface area contributed by atoms with E-state index in [2.05, 4.69) is 16.6 Å². The largest absolute Gasteiger partial charge is 0.469 e. The summed E-state index contributed by atoms with van der Waals surface area (Å²) in [5, 5.41) is 11.5. The molecule has 0 atom stereocenters. The molecular formula is C22H22N2O6S. The van der Waals surface area contributed by atoms with Gasteiger partial charge in [0.25, 0.3) is 5.69 Å². The van der Waals surface area contributed by atoms with Gasteiger partial charge in [0.15, 0.2) is 0 Å². The molecule has 0 aliphatic heterocycles. The maximum atomic E-state index is 12.8. The van der Waals surface area contributed by atoms with Crippen molar-refractivity contribution in [2.45, 2.75) is 36.6 Å². The van der Waals surface area contributed by atoms with Gasteiger partial charge in [-0.25, -0.2) is 13.1 Å². The van der Waals surface area contributed by atoms with Gasteiger partial charge in [-0.05, 0) is 49.9 Å². The van der Waals surface area contributed by atoms with Gasteiger partial charge < -0.3 is 4.74 Å². The fourth-order valence-corrected chi connectivity index (χ4v) is 4.82. The van der Waals surface area contributed by atoms with Crippen molar-refractivity contribution >= 4 is 21.7 Å². The van der Waals surface area contributed by atoms with Gasteiger partial charge in [0.05, 0.1) is 22.8 Å². The molecule has 31 heavy (non-hydrogen) atoms. The van der Waals surface area contributed by atoms with Gasteiger partial charge in [-0.15, -0.1) is 0 Å². The minimum atomic E-state index is -3.96. The van der Waals surface area contributed by atoms with Gasteiger partial charge in [0, 0.05) is 17.7 Å². The van der Waals surface area contributed by atoms with E-state index in [1.807, 2.05) is 6.07 Å². The summed E-state index contributed by atoms with van der Waals surface area (Å²) in [7, 11) is -2.63. The number of nitro groups is 1. The van der Waals surface area contributed by atoms with E-state index < -0.39 is 14.9 Å². The van der Waals surface area contributed by atoms with Crippen LogP contribution in [0.2, 0.25) is 0 Å². The molecular weight excluding hydrogens is 420 g/mol. The molecule has 0 unspecified atom stereocenters. The molecule has 2 aromatic rings. The van der Waals surface area contributed by atoms with Crippen molar-refractivity contribution < 1.29 is 22.9 Å². The number of carbonyl (C=O) groups is 1. The van der Waals surface area contributed by atoms with Crippen LogP contribution in [-0.4, -0.2) is 32.5 Å². The lowest BCUT2D eigenvalue weighted by Crippen LogP contribution is -2.38. The quantitative estimate of drug-likeness (QED) is 0.329. The van der Waals surface area contributed by atoms with E-state index >= 15 is 0 Å². The van der Waals surface area contributed by atoms with Crippen molar-refractivity contribution in [3.05, 3.63) is 69.8 Å². The van der Waals surface area contributed by atoms with Crippen molar-refractivity contribution in [1.82, 2.24) is 4.72 Å². The Morgan fingerprint density at radius 3 is 2.39 bits per heavy atom. The van der Waals surface area contributed by atoms with E-state index in [9.17, 15) is 23.3 Å². The SMILES string of the molecule is COC(=O)[C@H]1CC[C@H](NS(=O)(=O)c2ccc(C#Cc3ccccc3)c([N+](=O)[O-])c2)CC1. The number of rotatable bonds is 5. The number of carbonyl (C=O) groups excluding carboxylic acids is 1. The second-order valence-corrected chi connectivity index (χ2v) is 8.96. The van der Waals surface area contributed by atoms with E-state index in [0.717, 1.165) is 6.07 Å². The molecule has 1 saturated carbocycles. The number of ether oxygens (including phenoxy) is 1. The maximum absolute atomic E-state index is 12.8. The third kappa shape index (κ3) is 5.69. The summed E-state index contributed by atoms with van der Waals surface area (Å²) in [5.41, 5.74) is 0.449. The van der Waals surface area contributed by atoms with E-state index in [1.54, 1.807) is 24.3 Å². The molecule has 1 N–H and O–H groups in total. The molecule has 0 aromatic heterocycles. The highest BCUT2D eigenvalue weighted by atomic mass is 32.2. The van der Waals surface area contributed by atoms with Crippen molar-refractivity contribution in [3.8, 4) is 11.8 Å². The number of sulfonamides is 1. The highest BCUT2D eigenvalue weighted by molar-refractivity contribution is 7.89. The monoisotopic (exact) mass is 442 g/mol. The first-order valence-electron chi connectivity index (χ1n) is 9.76. The summed E-state index contributed by atoms with van der Waals surface area (Å²) in [6, 6.07) is 12.3. The van der Waals surface area contributed by atoms with E-state index in [-0.39, 0.29) is 34.1 Å². The molecule has 162 valence electrons. The lowest BCUT2D eigenvalue weighted by molar-refractivity contribution is -0.385. The predicted octanol–water partition coefficient (Wildman–Crippen LogP) is 3.00. The van der Waals surface area contributed by atoms with Crippen LogP contribution in [0.4, 0.5) is 5.69 Å². The second-order valence-electron chi connectivity index (χ2n) is 7.25. The minimum Gasteiger partial charge on any atom is -0.469 e. The summed E-state index contributed by atoms with van der Waals surface area (Å²) in [4.78, 5) is 22.3. The normalized spacial score (nSPS) is 18.5. The molecule has 1 aliphatic carbocycles. The first kappa shape index (κ1) is 22.5. The fourth-order valence-electron chi connectivity index (χ4n) is 3.50. The molecule has 1 aliphatic rings. The molecule has 0 saturated heterocycles. The van der Waals surface area contributed by atoms with Gasteiger partial charge in [-0.3, -0.25) is 14.9 Å². The summed E-state index contributed by atoms with van der Waals surface area (Å²) >= 11 is 0. The topological polar surface area (TPSA) is 116 Å². The smallest absolute Gasteiger partial charge is 0.308 e. The average Bonchev–Trinajstić information content (AvgIpc) is 2.78. The molecule has 9 heteroatoms. The Labute approximate surface area is 180 Å². The van der Waals surface area contributed by atoms with Crippen LogP contribution in [-0.2, 0) is 19.6 Å². The zero-order valence-electron chi connectivity index (χ0n) is 16.9. The number of hydrogen-bond acceptors (Lipinski definition) is 6. The van der Waals surface area contributed by atoms with Crippen LogP contribution in [0.5, 0.6) is 0 Å². The summed E-state index contributed by atoms with van der Waals surface area (Å²) in [5.74, 6) is 5.07. The Balaban J connectivity index is 1.78. The Hall–Kier alpha value is -3.22. The van der Waals surface area contributed by atoms with Gasteiger partial charge in [0.1, 0.15) is 5.56 Å². The Morgan fingerprint density at radius 2 is 1.77 bits per heavy atom. The summed E-state index contributed by atoms with van der Waals surface area (Å²) in [6.07, 6.45) is 2.02. The molecule has 0 spiro atoms. The number of benzene rings is 2. The van der Waals surface area contributed by atoms with Crippen LogP contribution < -0.4 is 4.72 Å². The number of methoxy groups -OCH3 is 1.